The zero-order valence-corrected chi connectivity index (χ0v) is 21.6. The largest absolute Gasteiger partial charge is 0.494 e. The van der Waals surface area contributed by atoms with Gasteiger partial charge in [0.05, 0.1) is 6.61 Å². The van der Waals surface area contributed by atoms with Crippen LogP contribution in [-0.4, -0.2) is 16.6 Å². The van der Waals surface area contributed by atoms with E-state index in [1.165, 1.54) is 57.8 Å². The first kappa shape index (κ1) is 26.9. The smallest absolute Gasteiger partial charge is 0.162 e. The molecule has 0 amide bonds. The lowest BCUT2D eigenvalue weighted by molar-refractivity contribution is 0.302. The predicted octanol–water partition coefficient (Wildman–Crippen LogP) is 9.34. The van der Waals surface area contributed by atoms with Crippen LogP contribution in [-0.2, 0) is 6.42 Å². The number of benzene rings is 1. The molecule has 3 nitrogen and oxygen atoms in total. The summed E-state index contributed by atoms with van der Waals surface area (Å²) in [6, 6.07) is 7.86. The van der Waals surface area contributed by atoms with Gasteiger partial charge < -0.3 is 4.74 Å². The fourth-order valence-electron chi connectivity index (χ4n) is 3.71. The third-order valence-electron chi connectivity index (χ3n) is 6.11. The van der Waals surface area contributed by atoms with E-state index in [9.17, 15) is 0 Å². The third-order valence-corrected chi connectivity index (χ3v) is 6.73. The summed E-state index contributed by atoms with van der Waals surface area (Å²) in [6.07, 6.45) is 14.4. The molecule has 0 aliphatic carbocycles. The first-order valence-corrected chi connectivity index (χ1v) is 13.3. The maximum Gasteiger partial charge on any atom is 0.162 e. The van der Waals surface area contributed by atoms with Crippen LogP contribution in [0.4, 0.5) is 0 Å². The first-order chi connectivity index (χ1) is 15.5. The molecule has 1 aromatic carbocycles. The maximum atomic E-state index is 6.46. The Balaban J connectivity index is 1.81. The van der Waals surface area contributed by atoms with Crippen molar-refractivity contribution in [2.24, 2.45) is 5.92 Å². The quantitative estimate of drug-likeness (QED) is 0.178. The van der Waals surface area contributed by atoms with E-state index in [0.29, 0.717) is 16.1 Å². The lowest BCUT2D eigenvalue weighted by Crippen LogP contribution is -2.00. The van der Waals surface area contributed by atoms with Gasteiger partial charge >= 0.3 is 0 Å². The van der Waals surface area contributed by atoms with Crippen molar-refractivity contribution >= 4 is 23.2 Å². The van der Waals surface area contributed by atoms with Crippen LogP contribution in [0.3, 0.4) is 0 Å². The molecule has 1 heterocycles. The molecular weight excluding hydrogens is 439 g/mol. The van der Waals surface area contributed by atoms with Gasteiger partial charge in [-0.2, -0.15) is 0 Å². The fourth-order valence-corrected chi connectivity index (χ4v) is 4.29. The molecule has 0 spiro atoms. The molecule has 0 aliphatic rings. The molecular formula is C27H40Cl2N2O. The number of hydrogen-bond acceptors (Lipinski definition) is 3. The van der Waals surface area contributed by atoms with E-state index in [-0.39, 0.29) is 0 Å². The number of rotatable bonds is 16. The molecule has 32 heavy (non-hydrogen) atoms. The zero-order valence-electron chi connectivity index (χ0n) is 20.1. The van der Waals surface area contributed by atoms with Gasteiger partial charge in [-0.15, -0.1) is 0 Å². The van der Waals surface area contributed by atoms with E-state index < -0.39 is 0 Å². The van der Waals surface area contributed by atoms with E-state index in [1.807, 2.05) is 24.3 Å². The van der Waals surface area contributed by atoms with Crippen LogP contribution in [0.15, 0.2) is 24.3 Å². The van der Waals surface area contributed by atoms with Crippen molar-refractivity contribution in [1.29, 1.82) is 0 Å². The molecule has 0 aliphatic heterocycles. The van der Waals surface area contributed by atoms with Crippen LogP contribution in [0.2, 0.25) is 10.3 Å². The Bertz CT molecular complexity index is 757. The molecule has 0 radical (unpaired) electrons. The number of unbranched alkanes of at least 4 members (excludes halogenated alkanes) is 7. The monoisotopic (exact) mass is 478 g/mol. The highest BCUT2D eigenvalue weighted by Crippen LogP contribution is 2.28. The van der Waals surface area contributed by atoms with E-state index in [0.717, 1.165) is 48.7 Å². The Hall–Kier alpha value is -1.32. The Morgan fingerprint density at radius 1 is 0.812 bits per heavy atom. The van der Waals surface area contributed by atoms with Crippen molar-refractivity contribution in [3.63, 3.8) is 0 Å². The SMILES string of the molecule is CCCCCCCCc1c(Cl)nc(-c2ccc(OCCCCC[C@@H](C)CC)cc2)nc1Cl. The molecule has 0 saturated carbocycles. The Morgan fingerprint density at radius 3 is 2.09 bits per heavy atom. The van der Waals surface area contributed by atoms with Crippen LogP contribution < -0.4 is 4.74 Å². The Labute approximate surface area is 205 Å². The maximum absolute atomic E-state index is 6.46. The standard InChI is InChI=1S/C27H40Cl2N2O/c1-4-6-7-8-9-12-15-24-25(28)30-27(31-26(24)29)22-16-18-23(19-17-22)32-20-13-10-11-14-21(3)5-2/h16-19,21H,4-15,20H2,1-3H3/t21-/m0/s1. The fraction of sp³-hybridized carbons (Fsp3) is 0.630. The highest BCUT2D eigenvalue weighted by molar-refractivity contribution is 6.34. The van der Waals surface area contributed by atoms with Gasteiger partial charge in [-0.1, -0.05) is 102 Å². The van der Waals surface area contributed by atoms with E-state index in [2.05, 4.69) is 30.7 Å². The van der Waals surface area contributed by atoms with Crippen LogP contribution in [0, 0.1) is 5.92 Å². The summed E-state index contributed by atoms with van der Waals surface area (Å²) >= 11 is 12.9. The summed E-state index contributed by atoms with van der Waals surface area (Å²) in [6.45, 7) is 7.57. The second-order valence-corrected chi connectivity index (χ2v) is 9.58. The van der Waals surface area contributed by atoms with Crippen molar-refractivity contribution in [1.82, 2.24) is 9.97 Å². The Kier molecular flexibility index (Phi) is 13.0. The van der Waals surface area contributed by atoms with Gasteiger partial charge in [0.2, 0.25) is 0 Å². The molecule has 0 saturated heterocycles. The third kappa shape index (κ3) is 9.67. The van der Waals surface area contributed by atoms with Crippen molar-refractivity contribution in [3.05, 3.63) is 40.1 Å². The normalized spacial score (nSPS) is 12.2. The van der Waals surface area contributed by atoms with Crippen molar-refractivity contribution in [2.75, 3.05) is 6.61 Å². The predicted molar refractivity (Wildman–Crippen MR) is 138 cm³/mol. The van der Waals surface area contributed by atoms with Gasteiger partial charge in [-0.3, -0.25) is 0 Å². The van der Waals surface area contributed by atoms with Crippen LogP contribution in [0.25, 0.3) is 11.4 Å². The van der Waals surface area contributed by atoms with Crippen molar-refractivity contribution in [3.8, 4) is 17.1 Å². The van der Waals surface area contributed by atoms with Gasteiger partial charge in [-0.25, -0.2) is 9.97 Å². The summed E-state index contributed by atoms with van der Waals surface area (Å²) in [5, 5.41) is 0.928. The molecule has 178 valence electrons. The molecule has 0 N–H and O–H groups in total. The topological polar surface area (TPSA) is 35.0 Å². The molecule has 0 unspecified atom stereocenters. The average Bonchev–Trinajstić information content (AvgIpc) is 2.80. The highest BCUT2D eigenvalue weighted by Gasteiger charge is 2.13. The highest BCUT2D eigenvalue weighted by atomic mass is 35.5. The second-order valence-electron chi connectivity index (χ2n) is 8.86. The summed E-state index contributed by atoms with van der Waals surface area (Å²) in [4.78, 5) is 9.02. The van der Waals surface area contributed by atoms with Gasteiger partial charge in [0, 0.05) is 11.1 Å². The van der Waals surface area contributed by atoms with Crippen LogP contribution in [0.1, 0.15) is 97.0 Å². The molecule has 2 rings (SSSR count). The molecule has 1 aromatic heterocycles. The number of aromatic nitrogens is 2. The van der Waals surface area contributed by atoms with Gasteiger partial charge in [0.1, 0.15) is 16.1 Å². The van der Waals surface area contributed by atoms with E-state index >= 15 is 0 Å². The zero-order chi connectivity index (χ0) is 23.2. The van der Waals surface area contributed by atoms with E-state index in [1.54, 1.807) is 0 Å². The van der Waals surface area contributed by atoms with Crippen LogP contribution in [0.5, 0.6) is 5.75 Å². The summed E-state index contributed by atoms with van der Waals surface area (Å²) in [5.74, 6) is 2.26. The lowest BCUT2D eigenvalue weighted by atomic mass is 10.0. The lowest BCUT2D eigenvalue weighted by Gasteiger charge is -2.10. The summed E-state index contributed by atoms with van der Waals surface area (Å²) < 4.78 is 5.88. The number of hydrogen-bond donors (Lipinski definition) is 0. The second kappa shape index (κ2) is 15.5. The van der Waals surface area contributed by atoms with Gasteiger partial charge in [-0.05, 0) is 49.4 Å². The molecule has 1 atom stereocenters. The number of ether oxygens (including phenoxy) is 1. The van der Waals surface area contributed by atoms with Crippen molar-refractivity contribution in [2.45, 2.75) is 97.8 Å². The molecule has 0 bridgehead atoms. The number of halogens is 2. The minimum atomic E-state index is 0.464. The van der Waals surface area contributed by atoms with Gasteiger partial charge in [0.15, 0.2) is 5.82 Å². The van der Waals surface area contributed by atoms with E-state index in [4.69, 9.17) is 27.9 Å². The summed E-state index contributed by atoms with van der Waals surface area (Å²) in [7, 11) is 0. The molecule has 2 aromatic rings. The minimum absolute atomic E-state index is 0.464. The Morgan fingerprint density at radius 2 is 1.44 bits per heavy atom. The number of nitrogens with zero attached hydrogens (tertiary/aromatic N) is 2. The molecule has 0 fully saturated rings. The molecule has 5 heteroatoms. The summed E-state index contributed by atoms with van der Waals surface area (Å²) in [5.41, 5.74) is 1.75. The minimum Gasteiger partial charge on any atom is -0.494 e. The average molecular weight is 480 g/mol. The van der Waals surface area contributed by atoms with Crippen molar-refractivity contribution < 1.29 is 4.74 Å². The van der Waals surface area contributed by atoms with Gasteiger partial charge in [0.25, 0.3) is 0 Å². The van der Waals surface area contributed by atoms with Crippen LogP contribution >= 0.6 is 23.2 Å². The first-order valence-electron chi connectivity index (χ1n) is 12.5.